The smallest absolute Gasteiger partial charge is 0.387 e. The molecular weight excluding hydrogens is 279 g/mol. The summed E-state index contributed by atoms with van der Waals surface area (Å²) in [7, 11) is 0. The van der Waals surface area contributed by atoms with E-state index in [1.54, 1.807) is 18.2 Å². The molecule has 0 heterocycles. The van der Waals surface area contributed by atoms with E-state index in [0.29, 0.717) is 5.69 Å². The summed E-state index contributed by atoms with van der Waals surface area (Å²) < 4.78 is 42.2. The summed E-state index contributed by atoms with van der Waals surface area (Å²) in [4.78, 5) is 0. The van der Waals surface area contributed by atoms with Crippen LogP contribution in [0.4, 0.5) is 18.9 Å². The van der Waals surface area contributed by atoms with Crippen molar-refractivity contribution < 1.29 is 17.9 Å². The maximum absolute atomic E-state index is 13.8. The lowest BCUT2D eigenvalue weighted by Gasteiger charge is -2.18. The molecule has 0 aliphatic rings. The Morgan fingerprint density at radius 1 is 1.05 bits per heavy atom. The van der Waals surface area contributed by atoms with Crippen LogP contribution in [0.2, 0.25) is 0 Å². The molecule has 2 nitrogen and oxygen atoms in total. The lowest BCUT2D eigenvalue weighted by atomic mass is 10.1. The van der Waals surface area contributed by atoms with Gasteiger partial charge in [0, 0.05) is 6.04 Å². The standard InChI is InChI=1S/C16H16F3NO/c1-10-4-3-5-14(17)15(10)20-11(2)12-6-8-13(9-7-12)21-16(18)19/h3-9,11,16,20H,1-2H3. The summed E-state index contributed by atoms with van der Waals surface area (Å²) in [5.74, 6) is -0.220. The van der Waals surface area contributed by atoms with Gasteiger partial charge in [0.15, 0.2) is 0 Å². The average Bonchev–Trinajstić information content (AvgIpc) is 2.43. The first-order valence-corrected chi connectivity index (χ1v) is 6.54. The Labute approximate surface area is 121 Å². The molecular formula is C16H16F3NO. The van der Waals surface area contributed by atoms with Crippen LogP contribution in [0.25, 0.3) is 0 Å². The third-order valence-corrected chi connectivity index (χ3v) is 3.19. The minimum atomic E-state index is -2.84. The van der Waals surface area contributed by atoms with Crippen LogP contribution in [-0.2, 0) is 0 Å². The van der Waals surface area contributed by atoms with Gasteiger partial charge in [-0.1, -0.05) is 24.3 Å². The van der Waals surface area contributed by atoms with E-state index in [0.717, 1.165) is 11.1 Å². The van der Waals surface area contributed by atoms with Gasteiger partial charge in [0.05, 0.1) is 5.69 Å². The van der Waals surface area contributed by atoms with Crippen molar-refractivity contribution in [3.05, 3.63) is 59.4 Å². The van der Waals surface area contributed by atoms with E-state index in [-0.39, 0.29) is 17.6 Å². The number of para-hydroxylation sites is 1. The Kier molecular flexibility index (Phi) is 4.73. The summed E-state index contributed by atoms with van der Waals surface area (Å²) in [5.41, 5.74) is 2.09. The Balaban J connectivity index is 2.11. The van der Waals surface area contributed by atoms with Crippen molar-refractivity contribution in [3.63, 3.8) is 0 Å². The van der Waals surface area contributed by atoms with Crippen molar-refractivity contribution in [2.24, 2.45) is 0 Å². The number of ether oxygens (including phenoxy) is 1. The fourth-order valence-corrected chi connectivity index (χ4v) is 2.05. The van der Waals surface area contributed by atoms with E-state index >= 15 is 0 Å². The van der Waals surface area contributed by atoms with Crippen LogP contribution >= 0.6 is 0 Å². The number of anilines is 1. The molecule has 0 bridgehead atoms. The lowest BCUT2D eigenvalue weighted by Crippen LogP contribution is -2.09. The van der Waals surface area contributed by atoms with Crippen LogP contribution in [0.5, 0.6) is 5.75 Å². The molecule has 0 aromatic heterocycles. The first-order chi connectivity index (χ1) is 9.97. The topological polar surface area (TPSA) is 21.3 Å². The van der Waals surface area contributed by atoms with Gasteiger partial charge in [-0.15, -0.1) is 0 Å². The Hall–Kier alpha value is -2.17. The summed E-state index contributed by atoms with van der Waals surface area (Å²) in [6.07, 6.45) is 0. The molecule has 2 aromatic carbocycles. The second-order valence-electron chi connectivity index (χ2n) is 4.75. The predicted octanol–water partition coefficient (Wildman–Crippen LogP) is 4.91. The van der Waals surface area contributed by atoms with Gasteiger partial charge in [0.25, 0.3) is 0 Å². The summed E-state index contributed by atoms with van der Waals surface area (Å²) >= 11 is 0. The molecule has 1 atom stereocenters. The number of hydrogen-bond donors (Lipinski definition) is 1. The lowest BCUT2D eigenvalue weighted by molar-refractivity contribution is -0.0498. The molecule has 0 spiro atoms. The summed E-state index contributed by atoms with van der Waals surface area (Å²) in [6.45, 7) is 0.847. The number of benzene rings is 2. The Morgan fingerprint density at radius 2 is 1.71 bits per heavy atom. The third kappa shape index (κ3) is 3.90. The number of hydrogen-bond acceptors (Lipinski definition) is 2. The maximum Gasteiger partial charge on any atom is 0.387 e. The third-order valence-electron chi connectivity index (χ3n) is 3.19. The molecule has 0 amide bonds. The molecule has 1 N–H and O–H groups in total. The quantitative estimate of drug-likeness (QED) is 0.846. The van der Waals surface area contributed by atoms with Crippen LogP contribution in [0.15, 0.2) is 42.5 Å². The highest BCUT2D eigenvalue weighted by Gasteiger charge is 2.11. The van der Waals surface area contributed by atoms with Crippen LogP contribution in [-0.4, -0.2) is 6.61 Å². The van der Waals surface area contributed by atoms with Crippen LogP contribution < -0.4 is 10.1 Å². The molecule has 112 valence electrons. The molecule has 2 aromatic rings. The largest absolute Gasteiger partial charge is 0.435 e. The normalized spacial score (nSPS) is 12.3. The molecule has 0 radical (unpaired) electrons. The van der Waals surface area contributed by atoms with Crippen molar-refractivity contribution in [3.8, 4) is 5.75 Å². The first kappa shape index (κ1) is 15.2. The SMILES string of the molecule is Cc1cccc(F)c1NC(C)c1ccc(OC(F)F)cc1. The fourth-order valence-electron chi connectivity index (χ4n) is 2.05. The van der Waals surface area contributed by atoms with Crippen LogP contribution in [0.3, 0.4) is 0 Å². The molecule has 5 heteroatoms. The van der Waals surface area contributed by atoms with Gasteiger partial charge in [-0.2, -0.15) is 8.78 Å². The van der Waals surface area contributed by atoms with Crippen molar-refractivity contribution in [2.75, 3.05) is 5.32 Å². The highest BCUT2D eigenvalue weighted by molar-refractivity contribution is 5.53. The van der Waals surface area contributed by atoms with E-state index in [4.69, 9.17) is 0 Å². The molecule has 2 rings (SSSR count). The monoisotopic (exact) mass is 295 g/mol. The minimum absolute atomic E-state index is 0.100. The van der Waals surface area contributed by atoms with Gasteiger partial charge < -0.3 is 10.1 Å². The van der Waals surface area contributed by atoms with E-state index < -0.39 is 6.61 Å². The predicted molar refractivity (Wildman–Crippen MR) is 76.2 cm³/mol. The van der Waals surface area contributed by atoms with Gasteiger partial charge in [-0.25, -0.2) is 4.39 Å². The molecule has 0 aliphatic heterocycles. The second-order valence-corrected chi connectivity index (χ2v) is 4.75. The zero-order valence-electron chi connectivity index (χ0n) is 11.7. The summed E-state index contributed by atoms with van der Waals surface area (Å²) in [5, 5.41) is 3.09. The van der Waals surface area contributed by atoms with Crippen molar-refractivity contribution in [1.82, 2.24) is 0 Å². The molecule has 21 heavy (non-hydrogen) atoms. The zero-order valence-corrected chi connectivity index (χ0v) is 11.7. The van der Waals surface area contributed by atoms with Gasteiger partial charge in [0.1, 0.15) is 11.6 Å². The van der Waals surface area contributed by atoms with Gasteiger partial charge in [0.2, 0.25) is 0 Å². The van der Waals surface area contributed by atoms with E-state index in [1.807, 2.05) is 19.9 Å². The molecule has 0 saturated carbocycles. The first-order valence-electron chi connectivity index (χ1n) is 6.54. The van der Waals surface area contributed by atoms with Crippen molar-refractivity contribution in [2.45, 2.75) is 26.5 Å². The number of rotatable bonds is 5. The van der Waals surface area contributed by atoms with Crippen molar-refractivity contribution in [1.29, 1.82) is 0 Å². The number of alkyl halides is 2. The van der Waals surface area contributed by atoms with E-state index in [2.05, 4.69) is 10.1 Å². The van der Waals surface area contributed by atoms with Gasteiger partial charge in [-0.05, 0) is 43.2 Å². The van der Waals surface area contributed by atoms with Crippen LogP contribution in [0, 0.1) is 12.7 Å². The molecule has 0 aliphatic carbocycles. The summed E-state index contributed by atoms with van der Waals surface area (Å²) in [6, 6.07) is 11.0. The highest BCUT2D eigenvalue weighted by Crippen LogP contribution is 2.26. The number of nitrogens with one attached hydrogen (secondary N) is 1. The minimum Gasteiger partial charge on any atom is -0.435 e. The Morgan fingerprint density at radius 3 is 2.29 bits per heavy atom. The van der Waals surface area contributed by atoms with Gasteiger partial charge >= 0.3 is 6.61 Å². The number of halogens is 3. The molecule has 1 unspecified atom stereocenters. The van der Waals surface area contributed by atoms with E-state index in [1.165, 1.54) is 18.2 Å². The zero-order chi connectivity index (χ0) is 15.4. The highest BCUT2D eigenvalue weighted by atomic mass is 19.3. The average molecular weight is 295 g/mol. The second kappa shape index (κ2) is 6.52. The van der Waals surface area contributed by atoms with Crippen molar-refractivity contribution >= 4 is 5.69 Å². The molecule has 0 saturated heterocycles. The maximum atomic E-state index is 13.8. The van der Waals surface area contributed by atoms with Gasteiger partial charge in [-0.3, -0.25) is 0 Å². The Bertz CT molecular complexity index is 579. The fraction of sp³-hybridized carbons (Fsp3) is 0.250. The molecule has 0 fully saturated rings. The van der Waals surface area contributed by atoms with Crippen LogP contribution in [0.1, 0.15) is 24.1 Å². The number of aryl methyl sites for hydroxylation is 1. The van der Waals surface area contributed by atoms with E-state index in [9.17, 15) is 13.2 Å².